The Morgan fingerprint density at radius 2 is 1.64 bits per heavy atom. The summed E-state index contributed by atoms with van der Waals surface area (Å²) in [7, 11) is 6.18. The number of aliphatic hydroxyl groups is 2. The number of carbonyl (C=O) groups is 1. The summed E-state index contributed by atoms with van der Waals surface area (Å²) in [6, 6.07) is 0. The number of nitrogens with zero attached hydrogens (tertiary/aromatic N) is 1. The predicted molar refractivity (Wildman–Crippen MR) is 53.7 cm³/mol. The van der Waals surface area contributed by atoms with E-state index in [1.54, 1.807) is 0 Å². The van der Waals surface area contributed by atoms with Crippen LogP contribution in [0.3, 0.4) is 0 Å². The van der Waals surface area contributed by atoms with Gasteiger partial charge in [0.2, 0.25) is 0 Å². The van der Waals surface area contributed by atoms with Gasteiger partial charge < -0.3 is 19.4 Å². The summed E-state index contributed by atoms with van der Waals surface area (Å²) < 4.78 is 5.59. The zero-order valence-electron chi connectivity index (χ0n) is 9.49. The summed E-state index contributed by atoms with van der Waals surface area (Å²) in [5.41, 5.74) is 0. The second-order valence-corrected chi connectivity index (χ2v) is 3.80. The van der Waals surface area contributed by atoms with Crippen LogP contribution in [0.5, 0.6) is 0 Å². The lowest BCUT2D eigenvalue weighted by atomic mass is 10.5. The first kappa shape index (κ1) is 15.8. The molecular formula is C9H22NO4+. The van der Waals surface area contributed by atoms with Crippen molar-refractivity contribution in [1.29, 1.82) is 0 Å². The molecule has 0 aliphatic heterocycles. The fourth-order valence-electron chi connectivity index (χ4n) is 0.463. The summed E-state index contributed by atoms with van der Waals surface area (Å²) >= 11 is 0. The van der Waals surface area contributed by atoms with Gasteiger partial charge in [-0.2, -0.15) is 0 Å². The normalized spacial score (nSPS) is 10.1. The average molecular weight is 208 g/mol. The highest BCUT2D eigenvalue weighted by molar-refractivity contribution is 5.65. The first-order valence-electron chi connectivity index (χ1n) is 4.49. The van der Waals surface area contributed by atoms with E-state index in [0.717, 1.165) is 11.0 Å². The number of hydrogen-bond acceptors (Lipinski definition) is 4. The van der Waals surface area contributed by atoms with E-state index in [1.165, 1.54) is 6.92 Å². The minimum Gasteiger partial charge on any atom is -0.460 e. The summed E-state index contributed by atoms with van der Waals surface area (Å²) in [5, 5.41) is 15.2. The fraction of sp³-hybridized carbons (Fsp3) is 0.889. The molecule has 0 aromatic carbocycles. The third kappa shape index (κ3) is 22.5. The summed E-state index contributed by atoms with van der Waals surface area (Å²) in [5.74, 6) is -0.201. The molecule has 0 radical (unpaired) electrons. The van der Waals surface area contributed by atoms with Gasteiger partial charge in [0.15, 0.2) is 0 Å². The molecule has 14 heavy (non-hydrogen) atoms. The summed E-state index contributed by atoms with van der Waals surface area (Å²) in [4.78, 5) is 10.3. The van der Waals surface area contributed by atoms with E-state index >= 15 is 0 Å². The molecule has 86 valence electrons. The van der Waals surface area contributed by atoms with E-state index in [-0.39, 0.29) is 19.2 Å². The fourth-order valence-corrected chi connectivity index (χ4v) is 0.463. The van der Waals surface area contributed by atoms with Gasteiger partial charge >= 0.3 is 5.97 Å². The van der Waals surface area contributed by atoms with E-state index in [2.05, 4.69) is 21.1 Å². The minimum absolute atomic E-state index is 0.125. The molecular weight excluding hydrogens is 186 g/mol. The van der Waals surface area contributed by atoms with E-state index in [4.69, 9.17) is 14.9 Å². The second kappa shape index (κ2) is 8.93. The van der Waals surface area contributed by atoms with Gasteiger partial charge in [-0.05, 0) is 0 Å². The van der Waals surface area contributed by atoms with Crippen LogP contribution in [0.4, 0.5) is 0 Å². The number of hydrogen-bond donors (Lipinski definition) is 2. The molecule has 0 saturated carbocycles. The molecule has 2 N–H and O–H groups in total. The minimum atomic E-state index is -0.201. The number of likely N-dealkylation sites (N-methyl/N-ethyl adjacent to an activating group) is 1. The van der Waals surface area contributed by atoms with Gasteiger partial charge in [-0.15, -0.1) is 0 Å². The van der Waals surface area contributed by atoms with Gasteiger partial charge in [0.25, 0.3) is 0 Å². The molecule has 0 saturated heterocycles. The molecule has 0 bridgehead atoms. The molecule has 5 heteroatoms. The van der Waals surface area contributed by atoms with E-state index < -0.39 is 0 Å². The first-order chi connectivity index (χ1) is 6.33. The van der Waals surface area contributed by atoms with Crippen molar-refractivity contribution in [3.8, 4) is 0 Å². The topological polar surface area (TPSA) is 66.8 Å². The molecule has 0 unspecified atom stereocenters. The quantitative estimate of drug-likeness (QED) is 0.470. The van der Waals surface area contributed by atoms with Gasteiger partial charge in [0.1, 0.15) is 13.2 Å². The Kier molecular flexibility index (Phi) is 10.1. The van der Waals surface area contributed by atoms with Gasteiger partial charge in [-0.3, -0.25) is 4.79 Å². The zero-order chi connectivity index (χ0) is 11.6. The lowest BCUT2D eigenvalue weighted by Gasteiger charge is -2.23. The second-order valence-electron chi connectivity index (χ2n) is 3.80. The number of quaternary nitrogens is 1. The lowest BCUT2D eigenvalue weighted by Crippen LogP contribution is -2.37. The van der Waals surface area contributed by atoms with Crippen molar-refractivity contribution < 1.29 is 24.2 Å². The van der Waals surface area contributed by atoms with E-state index in [0.29, 0.717) is 6.61 Å². The van der Waals surface area contributed by atoms with Crippen molar-refractivity contribution in [2.75, 3.05) is 47.5 Å². The molecule has 0 aliphatic rings. The molecule has 5 nitrogen and oxygen atoms in total. The van der Waals surface area contributed by atoms with Crippen molar-refractivity contribution in [2.24, 2.45) is 0 Å². The Morgan fingerprint density at radius 3 is 1.86 bits per heavy atom. The lowest BCUT2D eigenvalue weighted by molar-refractivity contribution is -0.870. The van der Waals surface area contributed by atoms with Crippen molar-refractivity contribution >= 4 is 5.97 Å². The maximum Gasteiger partial charge on any atom is 0.302 e. The van der Waals surface area contributed by atoms with Gasteiger partial charge in [0.05, 0.1) is 34.4 Å². The van der Waals surface area contributed by atoms with Crippen molar-refractivity contribution in [1.82, 2.24) is 0 Å². The Bertz CT molecular complexity index is 140. The van der Waals surface area contributed by atoms with Crippen LogP contribution >= 0.6 is 0 Å². The van der Waals surface area contributed by atoms with Crippen molar-refractivity contribution in [3.63, 3.8) is 0 Å². The highest BCUT2D eigenvalue weighted by Gasteiger charge is 2.06. The van der Waals surface area contributed by atoms with Crippen molar-refractivity contribution in [3.05, 3.63) is 0 Å². The third-order valence-electron chi connectivity index (χ3n) is 1.17. The van der Waals surface area contributed by atoms with Gasteiger partial charge in [0, 0.05) is 6.92 Å². The standard InChI is InChI=1S/C7H16NO2.C2H6O2/c1-7(9)10-6-5-8(2,3)4;3-1-2-4/h5-6H2,1-4H3;3-4H,1-2H2/q+1;. The maximum atomic E-state index is 10.3. The Hall–Kier alpha value is -0.650. The number of aliphatic hydroxyl groups excluding tert-OH is 2. The monoisotopic (exact) mass is 208 g/mol. The molecule has 0 spiro atoms. The van der Waals surface area contributed by atoms with Crippen molar-refractivity contribution in [2.45, 2.75) is 6.92 Å². The highest BCUT2D eigenvalue weighted by Crippen LogP contribution is 1.88. The van der Waals surface area contributed by atoms with Gasteiger partial charge in [-0.25, -0.2) is 0 Å². The molecule has 0 atom stereocenters. The molecule has 0 aliphatic carbocycles. The Morgan fingerprint density at radius 1 is 1.21 bits per heavy atom. The molecule has 0 aromatic rings. The molecule has 0 heterocycles. The Labute approximate surface area is 85.5 Å². The van der Waals surface area contributed by atoms with E-state index in [1.807, 2.05) is 0 Å². The number of ether oxygens (including phenoxy) is 1. The summed E-state index contributed by atoms with van der Waals surface area (Å²) in [6.45, 7) is 2.55. The third-order valence-corrected chi connectivity index (χ3v) is 1.17. The first-order valence-corrected chi connectivity index (χ1v) is 4.49. The largest absolute Gasteiger partial charge is 0.460 e. The molecule has 0 fully saturated rings. The maximum absolute atomic E-state index is 10.3. The smallest absolute Gasteiger partial charge is 0.302 e. The summed E-state index contributed by atoms with van der Waals surface area (Å²) in [6.07, 6.45) is 0. The molecule has 0 aromatic heterocycles. The van der Waals surface area contributed by atoms with Crippen LogP contribution in [0.15, 0.2) is 0 Å². The highest BCUT2D eigenvalue weighted by atomic mass is 16.5. The Balaban J connectivity index is 0. The van der Waals surface area contributed by atoms with Crippen LogP contribution in [-0.4, -0.2) is 68.2 Å². The van der Waals surface area contributed by atoms with Crippen LogP contribution in [0.2, 0.25) is 0 Å². The van der Waals surface area contributed by atoms with Crippen LogP contribution in [0.25, 0.3) is 0 Å². The van der Waals surface area contributed by atoms with Crippen LogP contribution in [0, 0.1) is 0 Å². The van der Waals surface area contributed by atoms with Crippen LogP contribution < -0.4 is 0 Å². The van der Waals surface area contributed by atoms with E-state index in [9.17, 15) is 4.79 Å². The molecule has 0 amide bonds. The van der Waals surface area contributed by atoms with Crippen LogP contribution in [-0.2, 0) is 9.53 Å². The predicted octanol–water partition coefficient (Wildman–Crippen LogP) is -0.773. The number of rotatable bonds is 4. The average Bonchev–Trinajstić information content (AvgIpc) is 2.02. The zero-order valence-corrected chi connectivity index (χ0v) is 9.49. The van der Waals surface area contributed by atoms with Crippen LogP contribution in [0.1, 0.15) is 6.92 Å². The SMILES string of the molecule is CC(=O)OCC[N+](C)(C)C.OCCO. The van der Waals surface area contributed by atoms with Gasteiger partial charge in [-0.1, -0.05) is 0 Å². The number of carbonyl (C=O) groups excluding carboxylic acids is 1. The molecule has 0 rings (SSSR count). The number of esters is 1.